The Morgan fingerprint density at radius 1 is 1.25 bits per heavy atom. The minimum absolute atomic E-state index is 0.104. The van der Waals surface area contributed by atoms with Crippen molar-refractivity contribution in [3.05, 3.63) is 35.2 Å². The van der Waals surface area contributed by atoms with Crippen LogP contribution < -0.4 is 4.72 Å². The van der Waals surface area contributed by atoms with Crippen molar-refractivity contribution in [2.75, 3.05) is 4.72 Å². The van der Waals surface area contributed by atoms with Gasteiger partial charge in [-0.1, -0.05) is 12.1 Å². The van der Waals surface area contributed by atoms with Gasteiger partial charge in [0.05, 0.1) is 17.1 Å². The molecule has 1 aromatic heterocycles. The number of anilines is 1. The van der Waals surface area contributed by atoms with Gasteiger partial charge in [-0.3, -0.25) is 9.40 Å². The summed E-state index contributed by atoms with van der Waals surface area (Å²) in [5.41, 5.74) is 1.80. The van der Waals surface area contributed by atoms with Crippen molar-refractivity contribution in [2.45, 2.75) is 25.7 Å². The summed E-state index contributed by atoms with van der Waals surface area (Å²) in [7, 11) is -2.11. The van der Waals surface area contributed by atoms with E-state index in [1.807, 2.05) is 0 Å². The van der Waals surface area contributed by atoms with Gasteiger partial charge in [-0.2, -0.15) is 5.10 Å². The summed E-state index contributed by atoms with van der Waals surface area (Å²) in [6, 6.07) is 4.82. The molecule has 0 radical (unpaired) electrons. The minimum atomic E-state index is -3.79. The zero-order chi connectivity index (χ0) is 15.1. The van der Waals surface area contributed by atoms with Gasteiger partial charge in [0.1, 0.15) is 10.6 Å². The Bertz CT molecular complexity index is 743. The Morgan fingerprint density at radius 2 is 1.90 bits per heavy atom. The van der Waals surface area contributed by atoms with Crippen LogP contribution in [0.3, 0.4) is 0 Å². The van der Waals surface area contributed by atoms with Gasteiger partial charge in [-0.15, -0.1) is 0 Å². The number of para-hydroxylation sites is 1. The van der Waals surface area contributed by atoms with Gasteiger partial charge in [-0.05, 0) is 32.4 Å². The van der Waals surface area contributed by atoms with Crippen molar-refractivity contribution in [3.63, 3.8) is 0 Å². The number of hydrogen-bond acceptors (Lipinski definition) is 4. The smallest absolute Gasteiger partial charge is 0.265 e. The van der Waals surface area contributed by atoms with Crippen LogP contribution in [0.1, 0.15) is 17.0 Å². The fourth-order valence-corrected chi connectivity index (χ4v) is 3.70. The summed E-state index contributed by atoms with van der Waals surface area (Å²) in [5.74, 6) is -0.104. The second kappa shape index (κ2) is 4.82. The van der Waals surface area contributed by atoms with Crippen molar-refractivity contribution in [1.82, 2.24) is 9.78 Å². The summed E-state index contributed by atoms with van der Waals surface area (Å²) in [5, 5.41) is 13.9. The molecule has 0 aliphatic rings. The van der Waals surface area contributed by atoms with Gasteiger partial charge in [0.25, 0.3) is 10.0 Å². The lowest BCUT2D eigenvalue weighted by molar-refractivity contribution is 0.477. The summed E-state index contributed by atoms with van der Waals surface area (Å²) >= 11 is 0. The third kappa shape index (κ3) is 2.36. The number of phenolic OH excluding ortho intramolecular Hbond substituents is 1. The Hall–Kier alpha value is -2.02. The number of aromatic hydroxyl groups is 1. The van der Waals surface area contributed by atoms with E-state index in [-0.39, 0.29) is 16.3 Å². The summed E-state index contributed by atoms with van der Waals surface area (Å²) in [6.07, 6.45) is 0. The van der Waals surface area contributed by atoms with Gasteiger partial charge in [-0.25, -0.2) is 8.42 Å². The van der Waals surface area contributed by atoms with Crippen LogP contribution in [0.25, 0.3) is 0 Å². The van der Waals surface area contributed by atoms with E-state index in [4.69, 9.17) is 0 Å². The van der Waals surface area contributed by atoms with E-state index in [0.29, 0.717) is 17.0 Å². The molecule has 108 valence electrons. The van der Waals surface area contributed by atoms with Crippen molar-refractivity contribution in [3.8, 4) is 5.75 Å². The maximum atomic E-state index is 12.5. The number of benzene rings is 1. The molecule has 0 atom stereocenters. The Labute approximate surface area is 118 Å². The fraction of sp³-hybridized carbons (Fsp3) is 0.308. The molecule has 6 nitrogen and oxygen atoms in total. The molecule has 7 heteroatoms. The lowest BCUT2D eigenvalue weighted by Crippen LogP contribution is -2.15. The normalized spacial score (nSPS) is 11.6. The van der Waals surface area contributed by atoms with Crippen LogP contribution >= 0.6 is 0 Å². The van der Waals surface area contributed by atoms with Gasteiger partial charge >= 0.3 is 0 Å². The number of sulfonamides is 1. The Kier molecular flexibility index (Phi) is 3.47. The summed E-state index contributed by atoms with van der Waals surface area (Å²) in [6.45, 7) is 5.05. The van der Waals surface area contributed by atoms with E-state index in [2.05, 4.69) is 9.82 Å². The van der Waals surface area contributed by atoms with Gasteiger partial charge in [0.2, 0.25) is 0 Å². The number of phenols is 1. The predicted molar refractivity (Wildman–Crippen MR) is 76.3 cm³/mol. The van der Waals surface area contributed by atoms with E-state index >= 15 is 0 Å². The van der Waals surface area contributed by atoms with Crippen LogP contribution in [0.4, 0.5) is 5.69 Å². The first-order valence-electron chi connectivity index (χ1n) is 6.05. The quantitative estimate of drug-likeness (QED) is 0.846. The third-order valence-corrected chi connectivity index (χ3v) is 4.80. The maximum absolute atomic E-state index is 12.5. The highest BCUT2D eigenvalue weighted by atomic mass is 32.2. The molecule has 1 heterocycles. The number of rotatable bonds is 3. The predicted octanol–water partition coefficient (Wildman–Crippen LogP) is 1.85. The summed E-state index contributed by atoms with van der Waals surface area (Å²) < 4.78 is 28.9. The summed E-state index contributed by atoms with van der Waals surface area (Å²) in [4.78, 5) is 0.141. The molecule has 0 unspecified atom stereocenters. The SMILES string of the molecule is Cc1cccc(O)c1NS(=O)(=O)c1c(C)nn(C)c1C. The molecule has 1 aromatic carbocycles. The van der Waals surface area contributed by atoms with E-state index in [1.165, 1.54) is 10.7 Å². The third-order valence-electron chi connectivity index (χ3n) is 3.20. The number of hydrogen-bond donors (Lipinski definition) is 2. The van der Waals surface area contributed by atoms with Gasteiger partial charge < -0.3 is 5.11 Å². The van der Waals surface area contributed by atoms with Crippen LogP contribution in [0, 0.1) is 20.8 Å². The van der Waals surface area contributed by atoms with Crippen molar-refractivity contribution >= 4 is 15.7 Å². The average molecular weight is 295 g/mol. The fourth-order valence-electron chi connectivity index (χ4n) is 2.11. The largest absolute Gasteiger partial charge is 0.506 e. The average Bonchev–Trinajstić information content (AvgIpc) is 2.59. The monoisotopic (exact) mass is 295 g/mol. The highest BCUT2D eigenvalue weighted by Gasteiger charge is 2.25. The molecule has 0 spiro atoms. The molecular weight excluding hydrogens is 278 g/mol. The Morgan fingerprint density at radius 3 is 2.40 bits per heavy atom. The minimum Gasteiger partial charge on any atom is -0.506 e. The lowest BCUT2D eigenvalue weighted by atomic mass is 10.2. The highest BCUT2D eigenvalue weighted by Crippen LogP contribution is 2.30. The standard InChI is InChI=1S/C13H17N3O3S/c1-8-6-5-7-11(17)12(8)15-20(18,19)13-9(2)14-16(4)10(13)3/h5-7,15,17H,1-4H3. The first-order valence-corrected chi connectivity index (χ1v) is 7.54. The topological polar surface area (TPSA) is 84.2 Å². The zero-order valence-electron chi connectivity index (χ0n) is 11.8. The number of aromatic nitrogens is 2. The molecule has 0 aliphatic heterocycles. The van der Waals surface area contributed by atoms with Crippen molar-refractivity contribution in [1.29, 1.82) is 0 Å². The van der Waals surface area contributed by atoms with Crippen LogP contribution in [0.15, 0.2) is 23.1 Å². The first-order chi connectivity index (χ1) is 9.24. The molecule has 0 aliphatic carbocycles. The van der Waals surface area contributed by atoms with Crippen LogP contribution in [0.5, 0.6) is 5.75 Å². The molecular formula is C13H17N3O3S. The van der Waals surface area contributed by atoms with Crippen LogP contribution in [-0.4, -0.2) is 23.3 Å². The number of aryl methyl sites for hydroxylation is 3. The second-order valence-corrected chi connectivity index (χ2v) is 6.32. The van der Waals surface area contributed by atoms with Crippen molar-refractivity contribution < 1.29 is 13.5 Å². The van der Waals surface area contributed by atoms with Crippen molar-refractivity contribution in [2.24, 2.45) is 7.05 Å². The molecule has 0 amide bonds. The molecule has 2 rings (SSSR count). The van der Waals surface area contributed by atoms with Gasteiger partial charge in [0, 0.05) is 7.05 Å². The molecule has 0 saturated carbocycles. The second-order valence-electron chi connectivity index (χ2n) is 4.70. The molecule has 0 fully saturated rings. The van der Waals surface area contributed by atoms with E-state index in [0.717, 1.165) is 0 Å². The highest BCUT2D eigenvalue weighted by molar-refractivity contribution is 7.92. The molecule has 2 N–H and O–H groups in total. The zero-order valence-corrected chi connectivity index (χ0v) is 12.6. The number of nitrogens with zero attached hydrogens (tertiary/aromatic N) is 2. The van der Waals surface area contributed by atoms with E-state index < -0.39 is 10.0 Å². The van der Waals surface area contributed by atoms with Crippen LogP contribution in [-0.2, 0) is 17.1 Å². The molecule has 0 saturated heterocycles. The molecule has 0 bridgehead atoms. The van der Waals surface area contributed by atoms with Crippen LogP contribution in [0.2, 0.25) is 0 Å². The van der Waals surface area contributed by atoms with Gasteiger partial charge in [0.15, 0.2) is 0 Å². The van der Waals surface area contributed by atoms with E-state index in [1.54, 1.807) is 40.0 Å². The number of nitrogens with one attached hydrogen (secondary N) is 1. The van der Waals surface area contributed by atoms with E-state index in [9.17, 15) is 13.5 Å². The maximum Gasteiger partial charge on any atom is 0.265 e. The Balaban J connectivity index is 2.52. The molecule has 2 aromatic rings. The molecule has 20 heavy (non-hydrogen) atoms. The lowest BCUT2D eigenvalue weighted by Gasteiger charge is -2.12. The first kappa shape index (κ1) is 14.4.